The third-order valence-corrected chi connectivity index (χ3v) is 10.6. The van der Waals surface area contributed by atoms with Crippen LogP contribution in [-0.4, -0.2) is 24.1 Å². The van der Waals surface area contributed by atoms with Crippen molar-refractivity contribution in [2.24, 2.45) is 0 Å². The second kappa shape index (κ2) is 11.3. The molecule has 0 bridgehead atoms. The van der Waals surface area contributed by atoms with Crippen molar-refractivity contribution < 1.29 is 0 Å². The Bertz CT molecular complexity index is 2990. The lowest BCUT2D eigenvalue weighted by Gasteiger charge is -2.13. The molecule has 0 N–H and O–H groups in total. The van der Waals surface area contributed by atoms with Gasteiger partial charge in [0.05, 0.1) is 45.5 Å². The van der Waals surface area contributed by atoms with Crippen LogP contribution in [0.3, 0.4) is 0 Å². The van der Waals surface area contributed by atoms with E-state index in [1.54, 1.807) is 0 Å². The van der Waals surface area contributed by atoms with E-state index in [4.69, 9.17) is 9.97 Å². The second-order valence-electron chi connectivity index (χ2n) is 13.6. The summed E-state index contributed by atoms with van der Waals surface area (Å²) in [6, 6.07) is 49.7. The fraction of sp³-hybridized carbons (Fsp3) is 0.0426. The summed E-state index contributed by atoms with van der Waals surface area (Å²) >= 11 is 0. The van der Waals surface area contributed by atoms with Crippen LogP contribution in [0.1, 0.15) is 17.7 Å². The van der Waals surface area contributed by atoms with Crippen LogP contribution in [0.4, 0.5) is 0 Å². The quantitative estimate of drug-likeness (QED) is 0.176. The molecule has 0 saturated heterocycles. The van der Waals surface area contributed by atoms with Crippen molar-refractivity contribution in [1.82, 2.24) is 24.1 Å². The normalized spacial score (nSPS) is 12.8. The van der Waals surface area contributed by atoms with Crippen molar-refractivity contribution in [2.45, 2.75) is 12.8 Å². The monoisotopic (exact) mass is 665 g/mol. The molecule has 4 heterocycles. The number of nitrogens with zero attached hydrogens (tertiary/aromatic N) is 5. The Morgan fingerprint density at radius 1 is 0.538 bits per heavy atom. The standard InChI is InChI=1S/C47H31N5/c1-3-12-30(13-4-1)40-28-41(31-14-5-2-6-15-31)50-47(49-40)52-42-20-10-9-19-38(42)45-43(52)22-21-37-39-26-34-24-32-16-7-8-17-33(32)25-35(34)27-44(39)51(46(37)45)36-18-11-23-48-29-36/h1-8,10-18,20-29H,9,19H2. The number of rotatable bonds is 4. The maximum absolute atomic E-state index is 5.30. The summed E-state index contributed by atoms with van der Waals surface area (Å²) in [5, 5.41) is 8.63. The van der Waals surface area contributed by atoms with Gasteiger partial charge < -0.3 is 4.57 Å². The van der Waals surface area contributed by atoms with Gasteiger partial charge in [-0.25, -0.2) is 9.97 Å². The van der Waals surface area contributed by atoms with E-state index in [2.05, 4.69) is 148 Å². The van der Waals surface area contributed by atoms with Crippen molar-refractivity contribution in [3.05, 3.63) is 169 Å². The second-order valence-corrected chi connectivity index (χ2v) is 13.6. The smallest absolute Gasteiger partial charge is 0.235 e. The molecule has 244 valence electrons. The van der Waals surface area contributed by atoms with Crippen LogP contribution < -0.4 is 0 Å². The summed E-state index contributed by atoms with van der Waals surface area (Å²) < 4.78 is 4.71. The number of hydrogen-bond acceptors (Lipinski definition) is 3. The molecular formula is C47H31N5. The molecule has 0 radical (unpaired) electrons. The molecule has 4 aromatic heterocycles. The molecule has 11 rings (SSSR count). The number of benzene rings is 6. The molecule has 0 saturated carbocycles. The maximum Gasteiger partial charge on any atom is 0.235 e. The summed E-state index contributed by atoms with van der Waals surface area (Å²) in [5.74, 6) is 0.666. The zero-order chi connectivity index (χ0) is 34.2. The molecule has 0 atom stereocenters. The molecule has 1 aliphatic rings. The first-order chi connectivity index (χ1) is 25.8. The minimum absolute atomic E-state index is 0.666. The highest BCUT2D eigenvalue weighted by Crippen LogP contribution is 2.44. The molecule has 6 aromatic carbocycles. The Labute approximate surface area is 299 Å². The molecule has 0 spiro atoms. The minimum Gasteiger partial charge on any atom is -0.307 e. The lowest BCUT2D eigenvalue weighted by Crippen LogP contribution is -2.07. The van der Waals surface area contributed by atoms with Crippen LogP contribution in [-0.2, 0) is 6.42 Å². The van der Waals surface area contributed by atoms with Crippen LogP contribution in [0.15, 0.2) is 158 Å². The number of aromatic nitrogens is 5. The van der Waals surface area contributed by atoms with Crippen LogP contribution in [0, 0.1) is 0 Å². The van der Waals surface area contributed by atoms with E-state index in [1.165, 1.54) is 54.3 Å². The molecule has 0 unspecified atom stereocenters. The van der Waals surface area contributed by atoms with Crippen molar-refractivity contribution >= 4 is 60.3 Å². The topological polar surface area (TPSA) is 48.5 Å². The van der Waals surface area contributed by atoms with Gasteiger partial charge in [0, 0.05) is 33.5 Å². The predicted molar refractivity (Wildman–Crippen MR) is 214 cm³/mol. The molecule has 0 aliphatic heterocycles. The van der Waals surface area contributed by atoms with Crippen LogP contribution in [0.5, 0.6) is 0 Å². The first kappa shape index (κ1) is 28.9. The lowest BCUT2D eigenvalue weighted by atomic mass is 9.98. The Kier molecular flexibility index (Phi) is 6.31. The summed E-state index contributed by atoms with van der Waals surface area (Å²) in [6.07, 6.45) is 10.3. The number of hydrogen-bond donors (Lipinski definition) is 0. The van der Waals surface area contributed by atoms with E-state index < -0.39 is 0 Å². The van der Waals surface area contributed by atoms with Gasteiger partial charge in [0.2, 0.25) is 5.95 Å². The van der Waals surface area contributed by atoms with Crippen molar-refractivity contribution in [1.29, 1.82) is 0 Å². The van der Waals surface area contributed by atoms with Gasteiger partial charge in [-0.2, -0.15) is 0 Å². The molecule has 5 nitrogen and oxygen atoms in total. The van der Waals surface area contributed by atoms with E-state index in [0.29, 0.717) is 5.95 Å². The molecule has 5 heteroatoms. The van der Waals surface area contributed by atoms with E-state index in [9.17, 15) is 0 Å². The fourth-order valence-corrected chi connectivity index (χ4v) is 8.28. The summed E-state index contributed by atoms with van der Waals surface area (Å²) in [7, 11) is 0. The molecule has 52 heavy (non-hydrogen) atoms. The highest BCUT2D eigenvalue weighted by Gasteiger charge is 2.26. The van der Waals surface area contributed by atoms with Gasteiger partial charge in [-0.15, -0.1) is 0 Å². The predicted octanol–water partition coefficient (Wildman–Crippen LogP) is 11.5. The molecule has 0 fully saturated rings. The number of pyridine rings is 1. The van der Waals surface area contributed by atoms with E-state index >= 15 is 0 Å². The van der Waals surface area contributed by atoms with E-state index in [1.807, 2.05) is 30.6 Å². The van der Waals surface area contributed by atoms with Crippen LogP contribution in [0.2, 0.25) is 0 Å². The number of fused-ring (bicyclic) bond motifs is 9. The lowest BCUT2D eigenvalue weighted by molar-refractivity contribution is 0.921. The fourth-order valence-electron chi connectivity index (χ4n) is 8.28. The molecule has 10 aromatic rings. The summed E-state index contributed by atoms with van der Waals surface area (Å²) in [4.78, 5) is 15.2. The Morgan fingerprint density at radius 3 is 1.92 bits per heavy atom. The molecule has 0 amide bonds. The number of aryl methyl sites for hydroxylation is 1. The highest BCUT2D eigenvalue weighted by atomic mass is 15.2. The first-order valence-corrected chi connectivity index (χ1v) is 17.8. The third kappa shape index (κ3) is 4.39. The minimum atomic E-state index is 0.666. The van der Waals surface area contributed by atoms with E-state index in [-0.39, 0.29) is 0 Å². The van der Waals surface area contributed by atoms with Gasteiger partial charge in [0.1, 0.15) is 0 Å². The van der Waals surface area contributed by atoms with Crippen LogP contribution in [0.25, 0.3) is 94.5 Å². The van der Waals surface area contributed by atoms with Gasteiger partial charge in [-0.1, -0.05) is 97.1 Å². The van der Waals surface area contributed by atoms with Gasteiger partial charge in [0.25, 0.3) is 0 Å². The zero-order valence-electron chi connectivity index (χ0n) is 28.2. The van der Waals surface area contributed by atoms with Gasteiger partial charge in [0.15, 0.2) is 0 Å². The largest absolute Gasteiger partial charge is 0.307 e. The average molecular weight is 666 g/mol. The average Bonchev–Trinajstić information content (AvgIpc) is 3.72. The number of allylic oxidation sites excluding steroid dienone is 1. The Balaban J connectivity index is 1.27. The zero-order valence-corrected chi connectivity index (χ0v) is 28.2. The van der Waals surface area contributed by atoms with Gasteiger partial charge in [-0.05, 0) is 94.6 Å². The van der Waals surface area contributed by atoms with Crippen molar-refractivity contribution in [3.8, 4) is 34.2 Å². The van der Waals surface area contributed by atoms with Gasteiger partial charge in [-0.3, -0.25) is 9.55 Å². The third-order valence-electron chi connectivity index (χ3n) is 10.6. The Hall–Kier alpha value is -6.85. The van der Waals surface area contributed by atoms with Gasteiger partial charge >= 0.3 is 0 Å². The van der Waals surface area contributed by atoms with E-state index in [0.717, 1.165) is 52.3 Å². The SMILES string of the molecule is C1=Cc2c(c3c(ccc4c5cc6cc7ccccc7cc6cc5n(-c5cccnc5)c43)n2-c2nc(-c3ccccc3)cc(-c3ccccc3)n2)CC1. The molecule has 1 aliphatic carbocycles. The molecular weight excluding hydrogens is 635 g/mol. The summed E-state index contributed by atoms with van der Waals surface area (Å²) in [5.41, 5.74) is 10.8. The highest BCUT2D eigenvalue weighted by molar-refractivity contribution is 6.22. The summed E-state index contributed by atoms with van der Waals surface area (Å²) in [6.45, 7) is 0. The maximum atomic E-state index is 5.30. The van der Waals surface area contributed by atoms with Crippen LogP contribution >= 0.6 is 0 Å². The Morgan fingerprint density at radius 2 is 1.23 bits per heavy atom. The first-order valence-electron chi connectivity index (χ1n) is 17.8. The van der Waals surface area contributed by atoms with Crippen molar-refractivity contribution in [3.63, 3.8) is 0 Å². The van der Waals surface area contributed by atoms with Crippen molar-refractivity contribution in [2.75, 3.05) is 0 Å².